The van der Waals surface area contributed by atoms with Gasteiger partial charge in [0.15, 0.2) is 17.7 Å². The predicted molar refractivity (Wildman–Crippen MR) is 88.8 cm³/mol. The number of ether oxygens (including phenoxy) is 1. The first-order chi connectivity index (χ1) is 11.5. The van der Waals surface area contributed by atoms with E-state index in [1.54, 1.807) is 4.57 Å². The second-order valence-corrected chi connectivity index (χ2v) is 7.96. The Balaban J connectivity index is 1.78. The Labute approximate surface area is 141 Å². The summed E-state index contributed by atoms with van der Waals surface area (Å²) in [6.45, 7) is 0.441. The molecule has 24 heavy (non-hydrogen) atoms. The molecule has 0 radical (unpaired) electrons. The van der Waals surface area contributed by atoms with E-state index in [1.165, 1.54) is 12.7 Å². The lowest BCUT2D eigenvalue weighted by atomic mass is 10.1. The molecule has 3 unspecified atom stereocenters. The molecule has 2 aromatic rings. The lowest BCUT2D eigenvalue weighted by Gasteiger charge is -2.16. The van der Waals surface area contributed by atoms with Crippen molar-refractivity contribution in [2.75, 3.05) is 30.1 Å². The highest BCUT2D eigenvalue weighted by atomic mass is 32.2. The fraction of sp³-hybridized carbons (Fsp3) is 0.615. The maximum atomic E-state index is 10.4. The van der Waals surface area contributed by atoms with Crippen LogP contribution in [0.1, 0.15) is 6.23 Å². The van der Waals surface area contributed by atoms with E-state index in [9.17, 15) is 10.2 Å². The van der Waals surface area contributed by atoms with Gasteiger partial charge in [-0.15, -0.1) is 0 Å². The number of hydrogen-bond donors (Lipinski definition) is 4. The highest BCUT2D eigenvalue weighted by molar-refractivity contribution is 7.96. The number of hydrogen-bond acceptors (Lipinski definition) is 9. The molecule has 1 saturated heterocycles. The van der Waals surface area contributed by atoms with Gasteiger partial charge in [0.1, 0.15) is 48.3 Å². The molecular formula is C13H21N6O4S+. The maximum absolute atomic E-state index is 10.4. The van der Waals surface area contributed by atoms with Crippen molar-refractivity contribution >= 4 is 27.9 Å². The standard InChI is InChI=1S/C13H21N6O4S/c1-24(3-2-22-15)4-7-9(20)10(21)13(23-7)19-6-18-8-11(14)16-5-17-12(8)19/h5-7,9-10,13,20-21H,2-4,15H2,1H3,(H2,14,16,17)/q+1/t7-,9?,10?,13-,24?/m1/s1. The molecule has 5 atom stereocenters. The zero-order chi connectivity index (χ0) is 17.3. The average Bonchev–Trinajstić information content (AvgIpc) is 3.10. The van der Waals surface area contributed by atoms with Crippen molar-refractivity contribution in [1.82, 2.24) is 19.5 Å². The predicted octanol–water partition coefficient (Wildman–Crippen LogP) is -1.83. The van der Waals surface area contributed by atoms with Gasteiger partial charge in [-0.3, -0.25) is 9.40 Å². The van der Waals surface area contributed by atoms with Gasteiger partial charge in [-0.2, -0.15) is 0 Å². The molecule has 1 aliphatic heterocycles. The third-order valence-electron chi connectivity index (χ3n) is 4.00. The van der Waals surface area contributed by atoms with E-state index in [0.29, 0.717) is 23.5 Å². The summed E-state index contributed by atoms with van der Waals surface area (Å²) in [4.78, 5) is 16.8. The number of aliphatic hydroxyl groups excluding tert-OH is 2. The van der Waals surface area contributed by atoms with Crippen LogP contribution in [0.3, 0.4) is 0 Å². The van der Waals surface area contributed by atoms with Gasteiger partial charge in [0.05, 0.1) is 12.6 Å². The van der Waals surface area contributed by atoms with E-state index in [-0.39, 0.29) is 16.7 Å². The van der Waals surface area contributed by atoms with Crippen LogP contribution >= 0.6 is 0 Å². The molecule has 10 nitrogen and oxygen atoms in total. The van der Waals surface area contributed by atoms with Gasteiger partial charge >= 0.3 is 0 Å². The van der Waals surface area contributed by atoms with Crippen molar-refractivity contribution in [3.8, 4) is 0 Å². The molecule has 1 aliphatic rings. The normalized spacial score (nSPS) is 28.5. The summed E-state index contributed by atoms with van der Waals surface area (Å²) in [5.74, 6) is 6.65. The third-order valence-corrected chi connectivity index (χ3v) is 5.76. The first-order valence-electron chi connectivity index (χ1n) is 7.38. The molecule has 0 amide bonds. The molecule has 6 N–H and O–H groups in total. The minimum absolute atomic E-state index is 0.0595. The lowest BCUT2D eigenvalue weighted by Crippen LogP contribution is -2.36. The van der Waals surface area contributed by atoms with Gasteiger partial charge in [0.25, 0.3) is 0 Å². The van der Waals surface area contributed by atoms with Crippen LogP contribution in [-0.2, 0) is 20.5 Å². The van der Waals surface area contributed by atoms with E-state index < -0.39 is 24.5 Å². The minimum atomic E-state index is -1.09. The van der Waals surface area contributed by atoms with Crippen LogP contribution < -0.4 is 11.6 Å². The number of imidazole rings is 1. The van der Waals surface area contributed by atoms with E-state index in [2.05, 4.69) is 19.8 Å². The Kier molecular flexibility index (Phi) is 5.18. The summed E-state index contributed by atoms with van der Waals surface area (Å²) in [6, 6.07) is 0. The molecule has 0 aliphatic carbocycles. The number of nitrogens with two attached hydrogens (primary N) is 2. The second kappa shape index (κ2) is 7.17. The van der Waals surface area contributed by atoms with Gasteiger partial charge in [-0.05, 0) is 10.9 Å². The molecule has 132 valence electrons. The SMILES string of the molecule is C[S+](CCON)C[C@H]1O[C@@H](n2cnc3c(N)ncnc32)C(O)C1O. The molecule has 2 aromatic heterocycles. The van der Waals surface area contributed by atoms with Gasteiger partial charge in [-0.1, -0.05) is 0 Å². The quantitative estimate of drug-likeness (QED) is 0.345. The van der Waals surface area contributed by atoms with Crippen LogP contribution in [0.4, 0.5) is 5.82 Å². The number of anilines is 1. The van der Waals surface area contributed by atoms with Gasteiger partial charge < -0.3 is 20.7 Å². The van der Waals surface area contributed by atoms with Crippen LogP contribution in [0.5, 0.6) is 0 Å². The number of nitrogen functional groups attached to an aromatic ring is 1. The van der Waals surface area contributed by atoms with Gasteiger partial charge in [0.2, 0.25) is 0 Å². The number of aliphatic hydroxyl groups is 2. The second-order valence-electron chi connectivity index (χ2n) is 5.65. The van der Waals surface area contributed by atoms with E-state index in [1.807, 2.05) is 6.26 Å². The molecule has 0 spiro atoms. The first kappa shape index (κ1) is 17.3. The smallest absolute Gasteiger partial charge is 0.167 e. The summed E-state index contributed by atoms with van der Waals surface area (Å²) in [5, 5.41) is 20.7. The summed E-state index contributed by atoms with van der Waals surface area (Å²) in [5.41, 5.74) is 6.65. The third kappa shape index (κ3) is 3.18. The molecule has 0 saturated carbocycles. The molecule has 0 bridgehead atoms. The van der Waals surface area contributed by atoms with Crippen LogP contribution in [0.2, 0.25) is 0 Å². The monoisotopic (exact) mass is 357 g/mol. The molecule has 3 rings (SSSR count). The Morgan fingerprint density at radius 3 is 2.88 bits per heavy atom. The van der Waals surface area contributed by atoms with Crippen molar-refractivity contribution in [3.63, 3.8) is 0 Å². The fourth-order valence-electron chi connectivity index (χ4n) is 2.71. The number of aromatic nitrogens is 4. The maximum Gasteiger partial charge on any atom is 0.167 e. The fourth-order valence-corrected chi connectivity index (χ4v) is 4.09. The van der Waals surface area contributed by atoms with Crippen molar-refractivity contribution in [1.29, 1.82) is 0 Å². The Hall–Kier alpha value is -1.50. The number of nitrogens with zero attached hydrogens (tertiary/aromatic N) is 4. The van der Waals surface area contributed by atoms with Crippen LogP contribution in [0, 0.1) is 0 Å². The molecule has 0 aromatic carbocycles. The average molecular weight is 357 g/mol. The van der Waals surface area contributed by atoms with Gasteiger partial charge in [-0.25, -0.2) is 20.8 Å². The van der Waals surface area contributed by atoms with Crippen LogP contribution in [0.15, 0.2) is 12.7 Å². The van der Waals surface area contributed by atoms with Crippen LogP contribution in [-0.4, -0.2) is 72.4 Å². The minimum Gasteiger partial charge on any atom is -0.387 e. The Morgan fingerprint density at radius 1 is 1.33 bits per heavy atom. The first-order valence-corrected chi connectivity index (χ1v) is 9.35. The Morgan fingerprint density at radius 2 is 2.12 bits per heavy atom. The summed E-state index contributed by atoms with van der Waals surface area (Å²) in [7, 11) is -0.0595. The molecular weight excluding hydrogens is 336 g/mol. The lowest BCUT2D eigenvalue weighted by molar-refractivity contribution is -0.0290. The van der Waals surface area contributed by atoms with E-state index >= 15 is 0 Å². The van der Waals surface area contributed by atoms with E-state index in [0.717, 1.165) is 5.75 Å². The van der Waals surface area contributed by atoms with Crippen molar-refractivity contribution in [3.05, 3.63) is 12.7 Å². The zero-order valence-corrected chi connectivity index (χ0v) is 14.0. The number of fused-ring (bicyclic) bond motifs is 1. The number of rotatable bonds is 6. The summed E-state index contributed by atoms with van der Waals surface area (Å²) < 4.78 is 7.45. The Bertz CT molecular complexity index is 700. The summed E-state index contributed by atoms with van der Waals surface area (Å²) >= 11 is 0. The zero-order valence-electron chi connectivity index (χ0n) is 13.1. The molecule has 1 fully saturated rings. The molecule has 11 heteroatoms. The van der Waals surface area contributed by atoms with Crippen LogP contribution in [0.25, 0.3) is 11.2 Å². The largest absolute Gasteiger partial charge is 0.387 e. The summed E-state index contributed by atoms with van der Waals surface area (Å²) in [6.07, 6.45) is 1.47. The highest BCUT2D eigenvalue weighted by Gasteiger charge is 2.46. The highest BCUT2D eigenvalue weighted by Crippen LogP contribution is 2.32. The van der Waals surface area contributed by atoms with Crippen molar-refractivity contribution in [2.24, 2.45) is 5.90 Å². The van der Waals surface area contributed by atoms with Crippen molar-refractivity contribution < 1.29 is 19.8 Å². The topological polar surface area (TPSA) is 155 Å². The molecule has 3 heterocycles. The van der Waals surface area contributed by atoms with Gasteiger partial charge in [0, 0.05) is 0 Å². The van der Waals surface area contributed by atoms with E-state index in [4.69, 9.17) is 16.4 Å². The van der Waals surface area contributed by atoms with Crippen molar-refractivity contribution in [2.45, 2.75) is 24.5 Å².